The number of rotatable bonds is 5. The number of carbonyl (C=O) groups excluding carboxylic acids is 1. The summed E-state index contributed by atoms with van der Waals surface area (Å²) in [6.07, 6.45) is 1.65. The molecule has 0 bridgehead atoms. The molecule has 0 aliphatic carbocycles. The van der Waals surface area contributed by atoms with Crippen LogP contribution in [0.3, 0.4) is 0 Å². The molecule has 5 nitrogen and oxygen atoms in total. The maximum absolute atomic E-state index is 12.8. The van der Waals surface area contributed by atoms with E-state index >= 15 is 0 Å². The van der Waals surface area contributed by atoms with Crippen LogP contribution in [0.5, 0.6) is 0 Å². The van der Waals surface area contributed by atoms with Crippen LogP contribution in [-0.4, -0.2) is 31.2 Å². The number of anilines is 1. The van der Waals surface area contributed by atoms with Gasteiger partial charge in [0.2, 0.25) is 0 Å². The van der Waals surface area contributed by atoms with Crippen LogP contribution in [0.2, 0.25) is 0 Å². The highest BCUT2D eigenvalue weighted by molar-refractivity contribution is 5.98. The van der Waals surface area contributed by atoms with Gasteiger partial charge in [-0.25, -0.2) is 9.37 Å². The highest BCUT2D eigenvalue weighted by atomic mass is 19.1. The summed E-state index contributed by atoms with van der Waals surface area (Å²) in [6.45, 7) is 1.000. The molecule has 0 atom stereocenters. The third-order valence-electron chi connectivity index (χ3n) is 1.94. The van der Waals surface area contributed by atoms with E-state index in [1.807, 2.05) is 0 Å². The molecular weight excluding hydrogens is 213 g/mol. The van der Waals surface area contributed by atoms with Gasteiger partial charge in [0.1, 0.15) is 11.6 Å². The highest BCUT2D eigenvalue weighted by Crippen LogP contribution is 2.09. The fourth-order valence-corrected chi connectivity index (χ4v) is 1.15. The lowest BCUT2D eigenvalue weighted by molar-refractivity contribution is 0.0948. The van der Waals surface area contributed by atoms with E-state index in [2.05, 4.69) is 10.3 Å². The van der Waals surface area contributed by atoms with E-state index in [0.29, 0.717) is 19.6 Å². The van der Waals surface area contributed by atoms with Gasteiger partial charge in [0.25, 0.3) is 5.91 Å². The molecule has 1 rings (SSSR count). The molecule has 0 spiro atoms. The number of hydrogen-bond donors (Lipinski definition) is 2. The van der Waals surface area contributed by atoms with Crippen LogP contribution in [0.1, 0.15) is 16.8 Å². The van der Waals surface area contributed by atoms with E-state index in [1.165, 1.54) is 0 Å². The lowest BCUT2D eigenvalue weighted by Gasteiger charge is -2.06. The molecule has 0 saturated carbocycles. The van der Waals surface area contributed by atoms with Gasteiger partial charge >= 0.3 is 0 Å². The van der Waals surface area contributed by atoms with Gasteiger partial charge < -0.3 is 15.8 Å². The first-order valence-electron chi connectivity index (χ1n) is 4.83. The van der Waals surface area contributed by atoms with E-state index in [4.69, 9.17) is 10.5 Å². The maximum atomic E-state index is 12.8. The first kappa shape index (κ1) is 12.4. The van der Waals surface area contributed by atoms with Gasteiger partial charge in [-0.1, -0.05) is 0 Å². The van der Waals surface area contributed by atoms with Crippen molar-refractivity contribution in [3.8, 4) is 0 Å². The number of nitrogens with two attached hydrogens (primary N) is 1. The highest BCUT2D eigenvalue weighted by Gasteiger charge is 2.11. The predicted octanol–water partition coefficient (Wildman–Crippen LogP) is 0.569. The van der Waals surface area contributed by atoms with Crippen molar-refractivity contribution in [2.45, 2.75) is 6.42 Å². The van der Waals surface area contributed by atoms with Gasteiger partial charge in [0.15, 0.2) is 0 Å². The Kier molecular flexibility index (Phi) is 4.65. The summed E-state index contributed by atoms with van der Waals surface area (Å²) in [6, 6.07) is 1.06. The molecule has 0 saturated heterocycles. The Bertz CT molecular complexity index is 371. The summed E-state index contributed by atoms with van der Waals surface area (Å²) >= 11 is 0. The summed E-state index contributed by atoms with van der Waals surface area (Å²) in [4.78, 5) is 15.1. The van der Waals surface area contributed by atoms with Crippen molar-refractivity contribution >= 4 is 11.7 Å². The second-order valence-corrected chi connectivity index (χ2v) is 3.19. The molecule has 1 aromatic rings. The lowest BCUT2D eigenvalue weighted by atomic mass is 10.2. The average Bonchev–Trinajstić information content (AvgIpc) is 2.27. The molecule has 1 heterocycles. The van der Waals surface area contributed by atoms with Crippen LogP contribution in [-0.2, 0) is 4.74 Å². The summed E-state index contributed by atoms with van der Waals surface area (Å²) in [7, 11) is 1.58. The number of hydrogen-bond acceptors (Lipinski definition) is 4. The topological polar surface area (TPSA) is 77.2 Å². The number of aromatic nitrogens is 1. The number of nitrogens with zero attached hydrogens (tertiary/aromatic N) is 1. The number of halogens is 1. The van der Waals surface area contributed by atoms with Crippen LogP contribution >= 0.6 is 0 Å². The summed E-state index contributed by atoms with van der Waals surface area (Å²) < 4.78 is 17.7. The van der Waals surface area contributed by atoms with Crippen LogP contribution < -0.4 is 11.1 Å². The fourth-order valence-electron chi connectivity index (χ4n) is 1.15. The zero-order valence-electron chi connectivity index (χ0n) is 9.00. The Hall–Kier alpha value is -1.69. The Balaban J connectivity index is 2.55. The van der Waals surface area contributed by atoms with E-state index in [1.54, 1.807) is 7.11 Å². The van der Waals surface area contributed by atoms with E-state index < -0.39 is 11.7 Å². The molecule has 0 radical (unpaired) electrons. The molecule has 6 heteroatoms. The number of amides is 1. The summed E-state index contributed by atoms with van der Waals surface area (Å²) in [5, 5.41) is 2.60. The zero-order chi connectivity index (χ0) is 12.0. The number of ether oxygens (including phenoxy) is 1. The Labute approximate surface area is 92.8 Å². The van der Waals surface area contributed by atoms with Crippen molar-refractivity contribution in [1.29, 1.82) is 0 Å². The second kappa shape index (κ2) is 6.02. The van der Waals surface area contributed by atoms with Crippen molar-refractivity contribution in [2.24, 2.45) is 0 Å². The Morgan fingerprint density at radius 3 is 3.12 bits per heavy atom. The van der Waals surface area contributed by atoms with Gasteiger partial charge in [-0.2, -0.15) is 0 Å². The second-order valence-electron chi connectivity index (χ2n) is 3.19. The maximum Gasteiger partial charge on any atom is 0.255 e. The minimum atomic E-state index is -0.587. The van der Waals surface area contributed by atoms with E-state index in [9.17, 15) is 9.18 Å². The molecule has 3 N–H and O–H groups in total. The first-order chi connectivity index (χ1) is 7.65. The minimum absolute atomic E-state index is 0.0191. The normalized spacial score (nSPS) is 10.1. The van der Waals surface area contributed by atoms with Crippen LogP contribution in [0.25, 0.3) is 0 Å². The number of methoxy groups -OCH3 is 1. The molecule has 1 amide bonds. The summed E-state index contributed by atoms with van der Waals surface area (Å²) in [5.74, 6) is -0.998. The van der Waals surface area contributed by atoms with E-state index in [0.717, 1.165) is 12.3 Å². The molecule has 0 aliphatic heterocycles. The smallest absolute Gasteiger partial charge is 0.255 e. The largest absolute Gasteiger partial charge is 0.385 e. The number of nitrogen functional groups attached to an aromatic ring is 1. The van der Waals surface area contributed by atoms with Crippen molar-refractivity contribution in [2.75, 3.05) is 26.0 Å². The summed E-state index contributed by atoms with van der Waals surface area (Å²) in [5.41, 5.74) is 5.51. The van der Waals surface area contributed by atoms with Gasteiger partial charge in [0.05, 0.1) is 11.8 Å². The van der Waals surface area contributed by atoms with Crippen molar-refractivity contribution in [1.82, 2.24) is 10.3 Å². The predicted molar refractivity (Wildman–Crippen MR) is 57.4 cm³/mol. The molecule has 0 fully saturated rings. The monoisotopic (exact) mass is 227 g/mol. The molecule has 16 heavy (non-hydrogen) atoms. The third kappa shape index (κ3) is 3.47. The number of nitrogens with one attached hydrogen (secondary N) is 1. The van der Waals surface area contributed by atoms with Gasteiger partial charge in [0, 0.05) is 20.3 Å². The molecule has 88 valence electrons. The number of carbonyl (C=O) groups is 1. The van der Waals surface area contributed by atoms with Gasteiger partial charge in [-0.15, -0.1) is 0 Å². The van der Waals surface area contributed by atoms with Crippen molar-refractivity contribution in [3.63, 3.8) is 0 Å². The molecular formula is C10H14FN3O2. The van der Waals surface area contributed by atoms with Gasteiger partial charge in [-0.05, 0) is 12.5 Å². The number of pyridine rings is 1. The molecule has 0 aliphatic rings. The van der Waals surface area contributed by atoms with Crippen molar-refractivity contribution in [3.05, 3.63) is 23.6 Å². The van der Waals surface area contributed by atoms with Crippen molar-refractivity contribution < 1.29 is 13.9 Å². The van der Waals surface area contributed by atoms with Crippen LogP contribution in [0.15, 0.2) is 12.3 Å². The Morgan fingerprint density at radius 2 is 2.44 bits per heavy atom. The fraction of sp³-hybridized carbons (Fsp3) is 0.400. The zero-order valence-corrected chi connectivity index (χ0v) is 9.00. The molecule has 1 aromatic heterocycles. The first-order valence-corrected chi connectivity index (χ1v) is 4.83. The standard InChI is InChI=1S/C10H14FN3O2/c1-16-4-2-3-13-10(15)8-5-7(11)6-14-9(8)12/h5-6H,2-4H2,1H3,(H2,12,14)(H,13,15). The average molecular weight is 227 g/mol. The van der Waals surface area contributed by atoms with Crippen LogP contribution in [0, 0.1) is 5.82 Å². The lowest BCUT2D eigenvalue weighted by Crippen LogP contribution is -2.26. The Morgan fingerprint density at radius 1 is 1.69 bits per heavy atom. The third-order valence-corrected chi connectivity index (χ3v) is 1.94. The van der Waals surface area contributed by atoms with Gasteiger partial charge in [-0.3, -0.25) is 4.79 Å². The SMILES string of the molecule is COCCCNC(=O)c1cc(F)cnc1N. The minimum Gasteiger partial charge on any atom is -0.385 e. The molecule has 0 unspecified atom stereocenters. The molecule has 0 aromatic carbocycles. The van der Waals surface area contributed by atoms with E-state index in [-0.39, 0.29) is 11.4 Å². The quantitative estimate of drug-likeness (QED) is 0.721. The van der Waals surface area contributed by atoms with Crippen LogP contribution in [0.4, 0.5) is 10.2 Å².